The summed E-state index contributed by atoms with van der Waals surface area (Å²) >= 11 is 0. The van der Waals surface area contributed by atoms with Crippen LogP contribution in [0.1, 0.15) is 39.0 Å². The fourth-order valence-electron chi connectivity index (χ4n) is 4.20. The number of fused-ring (bicyclic) bond motifs is 1. The van der Waals surface area contributed by atoms with Crippen molar-refractivity contribution in [3.05, 3.63) is 34.9 Å². The summed E-state index contributed by atoms with van der Waals surface area (Å²) in [6.45, 7) is 3.26. The van der Waals surface area contributed by atoms with Gasteiger partial charge in [-0.25, -0.2) is 9.97 Å². The summed E-state index contributed by atoms with van der Waals surface area (Å²) < 4.78 is 0. The summed E-state index contributed by atoms with van der Waals surface area (Å²) in [5, 5.41) is 0. The standard InChI is InChI=1S/C19H25N5O/c1-3-14-12-23(2)16-11-21-18(13-8-9-20-17(25)10-13)22-19(16)24(14)15-6-4-5-7-15/h8-11,14-15H,3-7,12H2,1-2H3,(H,20,25)/t14-/m1/s1. The van der Waals surface area contributed by atoms with Gasteiger partial charge in [0.15, 0.2) is 11.6 Å². The minimum atomic E-state index is -0.130. The molecule has 0 bridgehead atoms. The molecule has 1 N–H and O–H groups in total. The number of aromatic nitrogens is 3. The number of anilines is 2. The number of rotatable bonds is 3. The van der Waals surface area contributed by atoms with Gasteiger partial charge in [-0.05, 0) is 25.3 Å². The van der Waals surface area contributed by atoms with Gasteiger partial charge in [0, 0.05) is 43.5 Å². The van der Waals surface area contributed by atoms with Crippen LogP contribution in [0.15, 0.2) is 29.3 Å². The number of nitrogens with one attached hydrogen (secondary N) is 1. The van der Waals surface area contributed by atoms with Gasteiger partial charge in [-0.1, -0.05) is 19.8 Å². The Morgan fingerprint density at radius 2 is 2.12 bits per heavy atom. The molecule has 0 radical (unpaired) electrons. The van der Waals surface area contributed by atoms with Crippen LogP contribution in [0.25, 0.3) is 11.4 Å². The Hall–Kier alpha value is -2.37. The Kier molecular flexibility index (Phi) is 4.19. The molecule has 1 aliphatic carbocycles. The lowest BCUT2D eigenvalue weighted by Gasteiger charge is -2.45. The molecule has 1 atom stereocenters. The van der Waals surface area contributed by atoms with Crippen molar-refractivity contribution in [2.24, 2.45) is 0 Å². The summed E-state index contributed by atoms with van der Waals surface area (Å²) in [6, 6.07) is 4.46. The van der Waals surface area contributed by atoms with Gasteiger partial charge in [0.25, 0.3) is 0 Å². The van der Waals surface area contributed by atoms with Gasteiger partial charge < -0.3 is 14.8 Å². The monoisotopic (exact) mass is 339 g/mol. The van der Waals surface area contributed by atoms with E-state index in [4.69, 9.17) is 4.98 Å². The summed E-state index contributed by atoms with van der Waals surface area (Å²) in [7, 11) is 2.11. The van der Waals surface area contributed by atoms with Crippen LogP contribution < -0.4 is 15.4 Å². The Morgan fingerprint density at radius 3 is 2.84 bits per heavy atom. The first kappa shape index (κ1) is 16.1. The zero-order chi connectivity index (χ0) is 17.4. The quantitative estimate of drug-likeness (QED) is 0.931. The maximum atomic E-state index is 11.6. The summed E-state index contributed by atoms with van der Waals surface area (Å²) in [4.78, 5) is 28.6. The first-order chi connectivity index (χ1) is 12.2. The average molecular weight is 339 g/mol. The van der Waals surface area contributed by atoms with Gasteiger partial charge >= 0.3 is 0 Å². The molecule has 2 aromatic heterocycles. The highest BCUT2D eigenvalue weighted by atomic mass is 16.1. The van der Waals surface area contributed by atoms with E-state index in [0.29, 0.717) is 17.9 Å². The fraction of sp³-hybridized carbons (Fsp3) is 0.526. The lowest BCUT2D eigenvalue weighted by Crippen LogP contribution is -2.52. The van der Waals surface area contributed by atoms with Crippen molar-refractivity contribution in [1.29, 1.82) is 0 Å². The number of likely N-dealkylation sites (N-methyl/N-ethyl adjacent to an activating group) is 1. The molecule has 132 valence electrons. The van der Waals surface area contributed by atoms with Crippen molar-refractivity contribution in [2.75, 3.05) is 23.4 Å². The van der Waals surface area contributed by atoms with Crippen LogP contribution in [0.2, 0.25) is 0 Å². The lowest BCUT2D eigenvalue weighted by molar-refractivity contribution is 0.476. The zero-order valence-electron chi connectivity index (χ0n) is 14.9. The molecule has 0 saturated heterocycles. The molecule has 2 aromatic rings. The van der Waals surface area contributed by atoms with Crippen molar-refractivity contribution in [3.8, 4) is 11.4 Å². The van der Waals surface area contributed by atoms with Gasteiger partial charge in [0.1, 0.15) is 0 Å². The highest BCUT2D eigenvalue weighted by molar-refractivity contribution is 5.72. The normalized spacial score (nSPS) is 20.8. The maximum absolute atomic E-state index is 11.6. The van der Waals surface area contributed by atoms with Gasteiger partial charge in [-0.15, -0.1) is 0 Å². The van der Waals surface area contributed by atoms with Crippen molar-refractivity contribution in [3.63, 3.8) is 0 Å². The third kappa shape index (κ3) is 2.90. The predicted molar refractivity (Wildman–Crippen MR) is 100 cm³/mol. The van der Waals surface area contributed by atoms with Crippen molar-refractivity contribution in [1.82, 2.24) is 15.0 Å². The first-order valence-electron chi connectivity index (χ1n) is 9.23. The molecule has 1 fully saturated rings. The molecule has 0 spiro atoms. The number of nitrogens with zero attached hydrogens (tertiary/aromatic N) is 4. The molecule has 0 unspecified atom stereocenters. The van der Waals surface area contributed by atoms with Crippen LogP contribution in [0.5, 0.6) is 0 Å². The van der Waals surface area contributed by atoms with E-state index in [1.54, 1.807) is 12.3 Å². The highest BCUT2D eigenvalue weighted by Crippen LogP contribution is 2.39. The number of hydrogen-bond donors (Lipinski definition) is 1. The molecule has 0 amide bonds. The van der Waals surface area contributed by atoms with E-state index in [2.05, 4.69) is 33.7 Å². The molecular formula is C19H25N5O. The van der Waals surface area contributed by atoms with Gasteiger partial charge in [-0.3, -0.25) is 4.79 Å². The molecule has 0 aromatic carbocycles. The molecule has 6 nitrogen and oxygen atoms in total. The average Bonchev–Trinajstić information content (AvgIpc) is 3.15. The van der Waals surface area contributed by atoms with Crippen LogP contribution in [-0.2, 0) is 0 Å². The second-order valence-corrected chi connectivity index (χ2v) is 7.13. The number of pyridine rings is 1. The predicted octanol–water partition coefficient (Wildman–Crippen LogP) is 2.81. The van der Waals surface area contributed by atoms with E-state index >= 15 is 0 Å². The van der Waals surface area contributed by atoms with Crippen LogP contribution in [0.4, 0.5) is 11.5 Å². The van der Waals surface area contributed by atoms with Crippen LogP contribution in [0.3, 0.4) is 0 Å². The van der Waals surface area contributed by atoms with Crippen molar-refractivity contribution < 1.29 is 0 Å². The minimum Gasteiger partial charge on any atom is -0.368 e. The molecule has 1 aliphatic heterocycles. The van der Waals surface area contributed by atoms with Crippen molar-refractivity contribution >= 4 is 11.5 Å². The molecule has 6 heteroatoms. The molecular weight excluding hydrogens is 314 g/mol. The molecule has 2 aliphatic rings. The molecule has 1 saturated carbocycles. The third-order valence-corrected chi connectivity index (χ3v) is 5.51. The van der Waals surface area contributed by atoms with Crippen LogP contribution in [0, 0.1) is 0 Å². The van der Waals surface area contributed by atoms with E-state index in [-0.39, 0.29) is 5.56 Å². The Balaban J connectivity index is 1.81. The maximum Gasteiger partial charge on any atom is 0.248 e. The molecule has 25 heavy (non-hydrogen) atoms. The second kappa shape index (κ2) is 6.50. The van der Waals surface area contributed by atoms with E-state index in [1.807, 2.05) is 12.3 Å². The zero-order valence-corrected chi connectivity index (χ0v) is 14.9. The third-order valence-electron chi connectivity index (χ3n) is 5.51. The minimum absolute atomic E-state index is 0.130. The highest BCUT2D eigenvalue weighted by Gasteiger charge is 2.35. The number of H-pyrrole nitrogens is 1. The summed E-state index contributed by atoms with van der Waals surface area (Å²) in [5.74, 6) is 1.65. The van der Waals surface area contributed by atoms with E-state index in [1.165, 1.54) is 25.7 Å². The van der Waals surface area contributed by atoms with E-state index in [0.717, 1.165) is 30.0 Å². The Labute approximate surface area is 147 Å². The lowest BCUT2D eigenvalue weighted by atomic mass is 10.0. The topological polar surface area (TPSA) is 65.1 Å². The fourth-order valence-corrected chi connectivity index (χ4v) is 4.20. The smallest absolute Gasteiger partial charge is 0.248 e. The van der Waals surface area contributed by atoms with Crippen LogP contribution >= 0.6 is 0 Å². The summed E-state index contributed by atoms with van der Waals surface area (Å²) in [6.07, 6.45) is 9.74. The number of hydrogen-bond acceptors (Lipinski definition) is 5. The Morgan fingerprint density at radius 1 is 1.32 bits per heavy atom. The van der Waals surface area contributed by atoms with Gasteiger partial charge in [-0.2, -0.15) is 0 Å². The summed E-state index contributed by atoms with van der Waals surface area (Å²) in [5.41, 5.74) is 1.72. The largest absolute Gasteiger partial charge is 0.368 e. The number of aromatic amines is 1. The van der Waals surface area contributed by atoms with E-state index in [9.17, 15) is 4.79 Å². The van der Waals surface area contributed by atoms with E-state index < -0.39 is 0 Å². The Bertz CT molecular complexity index is 811. The second-order valence-electron chi connectivity index (χ2n) is 7.13. The van der Waals surface area contributed by atoms with Crippen molar-refractivity contribution in [2.45, 2.75) is 51.1 Å². The first-order valence-corrected chi connectivity index (χ1v) is 9.23. The SMILES string of the molecule is CC[C@@H]1CN(C)c2cnc(-c3cc[nH]c(=O)c3)nc2N1C1CCCC1. The van der Waals surface area contributed by atoms with Gasteiger partial charge in [0.05, 0.1) is 11.9 Å². The molecule has 4 rings (SSSR count). The van der Waals surface area contributed by atoms with Gasteiger partial charge in [0.2, 0.25) is 5.56 Å². The van der Waals surface area contributed by atoms with Crippen LogP contribution in [-0.4, -0.2) is 40.6 Å². The molecule has 3 heterocycles.